The number of nitrogen functional groups attached to an aromatic ring is 1. The molecule has 4 rings (SSSR count). The van der Waals surface area contributed by atoms with Gasteiger partial charge in [-0.25, -0.2) is 9.97 Å². The molecule has 23 heavy (non-hydrogen) atoms. The Morgan fingerprint density at radius 3 is 2.91 bits per heavy atom. The van der Waals surface area contributed by atoms with Crippen LogP contribution in [-0.4, -0.2) is 40.7 Å². The zero-order chi connectivity index (χ0) is 16.2. The van der Waals surface area contributed by atoms with Gasteiger partial charge in [0.1, 0.15) is 11.6 Å². The largest absolute Gasteiger partial charge is 0.383 e. The van der Waals surface area contributed by atoms with Crippen molar-refractivity contribution in [3.63, 3.8) is 0 Å². The molecule has 0 spiro atoms. The minimum Gasteiger partial charge on any atom is -0.383 e. The molecule has 2 N–H and O–H groups in total. The number of nitrogens with two attached hydrogens (primary N) is 1. The first-order valence-corrected chi connectivity index (χ1v) is 8.31. The van der Waals surface area contributed by atoms with Crippen LogP contribution >= 0.6 is 0 Å². The van der Waals surface area contributed by atoms with E-state index in [1.807, 2.05) is 24.3 Å². The van der Waals surface area contributed by atoms with E-state index in [4.69, 9.17) is 10.5 Å². The molecule has 1 aliphatic heterocycles. The Labute approximate surface area is 136 Å². The Balaban J connectivity index is 1.58. The van der Waals surface area contributed by atoms with Crippen molar-refractivity contribution in [1.29, 1.82) is 0 Å². The number of nitrogens with zero attached hydrogens (tertiary/aromatic N) is 3. The maximum absolute atomic E-state index is 6.10. The van der Waals surface area contributed by atoms with Crippen LogP contribution in [0.25, 0.3) is 10.9 Å². The topological polar surface area (TPSA) is 64.3 Å². The van der Waals surface area contributed by atoms with Gasteiger partial charge >= 0.3 is 0 Å². The molecule has 3 atom stereocenters. The molecule has 0 bridgehead atoms. The number of aromatic nitrogens is 2. The zero-order valence-electron chi connectivity index (χ0n) is 14.0. The lowest BCUT2D eigenvalue weighted by atomic mass is 9.57. The molecule has 1 saturated carbocycles. The van der Waals surface area contributed by atoms with E-state index < -0.39 is 0 Å². The van der Waals surface area contributed by atoms with Gasteiger partial charge in [-0.2, -0.15) is 0 Å². The first kappa shape index (κ1) is 14.8. The maximum atomic E-state index is 6.10. The third-order valence-electron chi connectivity index (χ3n) is 5.58. The lowest BCUT2D eigenvalue weighted by Crippen LogP contribution is -2.65. The number of ether oxygens (including phenoxy) is 1. The molecular formula is C18H24N4O. The van der Waals surface area contributed by atoms with E-state index in [1.54, 1.807) is 0 Å². The number of fused-ring (bicyclic) bond motifs is 2. The van der Waals surface area contributed by atoms with Crippen molar-refractivity contribution < 1.29 is 4.74 Å². The maximum Gasteiger partial charge on any atom is 0.145 e. The van der Waals surface area contributed by atoms with E-state index in [9.17, 15) is 0 Å². The lowest BCUT2D eigenvalue weighted by molar-refractivity contribution is -0.151. The van der Waals surface area contributed by atoms with Gasteiger partial charge in [0.2, 0.25) is 0 Å². The summed E-state index contributed by atoms with van der Waals surface area (Å²) in [6.45, 7) is 6.21. The molecule has 2 aliphatic rings. The molecule has 1 aromatic carbocycles. The second-order valence-electron chi connectivity index (χ2n) is 7.47. The SMILES string of the molecule is CN(Cc1nc(N)c2ccccc2n1)C1C2CCOC2C1(C)C. The van der Waals surface area contributed by atoms with Gasteiger partial charge in [0.25, 0.3) is 0 Å². The Morgan fingerprint density at radius 1 is 1.30 bits per heavy atom. The van der Waals surface area contributed by atoms with Crippen LogP contribution in [-0.2, 0) is 11.3 Å². The van der Waals surface area contributed by atoms with Crippen LogP contribution < -0.4 is 5.73 Å². The van der Waals surface area contributed by atoms with E-state index in [0.717, 1.165) is 29.8 Å². The summed E-state index contributed by atoms with van der Waals surface area (Å²) in [4.78, 5) is 11.6. The van der Waals surface area contributed by atoms with Crippen LogP contribution in [0.15, 0.2) is 24.3 Å². The molecule has 5 heteroatoms. The number of anilines is 1. The Morgan fingerprint density at radius 2 is 2.09 bits per heavy atom. The highest BCUT2D eigenvalue weighted by atomic mass is 16.5. The highest BCUT2D eigenvalue weighted by Gasteiger charge is 2.60. The molecule has 3 unspecified atom stereocenters. The highest BCUT2D eigenvalue weighted by Crippen LogP contribution is 2.54. The molecular weight excluding hydrogens is 288 g/mol. The average molecular weight is 312 g/mol. The van der Waals surface area contributed by atoms with Crippen LogP contribution in [0, 0.1) is 11.3 Å². The lowest BCUT2D eigenvalue weighted by Gasteiger charge is -2.57. The van der Waals surface area contributed by atoms with E-state index in [-0.39, 0.29) is 5.41 Å². The summed E-state index contributed by atoms with van der Waals surface area (Å²) in [7, 11) is 2.16. The molecule has 1 saturated heterocycles. The van der Waals surface area contributed by atoms with Crippen LogP contribution in [0.2, 0.25) is 0 Å². The van der Waals surface area contributed by atoms with Crippen LogP contribution in [0.1, 0.15) is 26.1 Å². The normalized spacial score (nSPS) is 28.8. The Hall–Kier alpha value is -1.72. The third kappa shape index (κ3) is 2.22. The molecule has 1 aliphatic carbocycles. The second kappa shape index (κ2) is 5.14. The predicted octanol–water partition coefficient (Wildman–Crippen LogP) is 2.46. The van der Waals surface area contributed by atoms with Crippen LogP contribution in [0.4, 0.5) is 5.82 Å². The summed E-state index contributed by atoms with van der Waals surface area (Å²) >= 11 is 0. The number of hydrogen-bond acceptors (Lipinski definition) is 5. The smallest absolute Gasteiger partial charge is 0.145 e. The highest BCUT2D eigenvalue weighted by molar-refractivity contribution is 5.87. The van der Waals surface area contributed by atoms with Crippen molar-refractivity contribution in [2.24, 2.45) is 11.3 Å². The molecule has 2 heterocycles. The van der Waals surface area contributed by atoms with Gasteiger partial charge in [0.15, 0.2) is 0 Å². The molecule has 2 aromatic rings. The molecule has 0 radical (unpaired) electrons. The van der Waals surface area contributed by atoms with E-state index in [0.29, 0.717) is 30.4 Å². The molecule has 5 nitrogen and oxygen atoms in total. The van der Waals surface area contributed by atoms with E-state index >= 15 is 0 Å². The Bertz CT molecular complexity index is 745. The quantitative estimate of drug-likeness (QED) is 0.943. The summed E-state index contributed by atoms with van der Waals surface area (Å²) in [6.07, 6.45) is 1.56. The molecule has 2 fully saturated rings. The number of hydrogen-bond donors (Lipinski definition) is 1. The monoisotopic (exact) mass is 312 g/mol. The fraction of sp³-hybridized carbons (Fsp3) is 0.556. The standard InChI is InChI=1S/C18H24N4O/c1-18(2)15(12-8-9-23-16(12)18)22(3)10-14-20-13-7-5-4-6-11(13)17(19)21-14/h4-7,12,15-16H,8-10H2,1-3H3,(H2,19,20,21). The van der Waals surface area contributed by atoms with Gasteiger partial charge in [0.05, 0.1) is 18.2 Å². The first-order valence-electron chi connectivity index (χ1n) is 8.31. The summed E-state index contributed by atoms with van der Waals surface area (Å²) < 4.78 is 5.90. The first-order chi connectivity index (χ1) is 11.0. The van der Waals surface area contributed by atoms with Crippen molar-refractivity contribution >= 4 is 16.7 Å². The number of para-hydroxylation sites is 1. The fourth-order valence-corrected chi connectivity index (χ4v) is 4.74. The number of benzene rings is 1. The van der Waals surface area contributed by atoms with Gasteiger partial charge in [0, 0.05) is 29.4 Å². The number of rotatable bonds is 3. The van der Waals surface area contributed by atoms with Crippen LogP contribution in [0.5, 0.6) is 0 Å². The van der Waals surface area contributed by atoms with Gasteiger partial charge in [-0.15, -0.1) is 0 Å². The van der Waals surface area contributed by atoms with Crippen molar-refractivity contribution in [2.45, 2.75) is 39.0 Å². The third-order valence-corrected chi connectivity index (χ3v) is 5.58. The van der Waals surface area contributed by atoms with Gasteiger partial charge < -0.3 is 10.5 Å². The van der Waals surface area contributed by atoms with E-state index in [2.05, 4.69) is 35.8 Å². The van der Waals surface area contributed by atoms with Crippen molar-refractivity contribution in [1.82, 2.24) is 14.9 Å². The summed E-state index contributed by atoms with van der Waals surface area (Å²) in [6, 6.07) is 8.41. The van der Waals surface area contributed by atoms with E-state index in [1.165, 1.54) is 0 Å². The second-order valence-corrected chi connectivity index (χ2v) is 7.47. The minimum atomic E-state index is 0.179. The van der Waals surface area contributed by atoms with Crippen molar-refractivity contribution in [3.05, 3.63) is 30.1 Å². The predicted molar refractivity (Wildman–Crippen MR) is 90.8 cm³/mol. The van der Waals surface area contributed by atoms with Crippen molar-refractivity contribution in [3.8, 4) is 0 Å². The summed E-state index contributed by atoms with van der Waals surface area (Å²) in [5, 5.41) is 0.923. The van der Waals surface area contributed by atoms with Gasteiger partial charge in [-0.05, 0) is 25.6 Å². The van der Waals surface area contributed by atoms with Gasteiger partial charge in [-0.1, -0.05) is 26.0 Å². The summed E-state index contributed by atoms with van der Waals surface area (Å²) in [5.41, 5.74) is 7.20. The minimum absolute atomic E-state index is 0.179. The Kier molecular flexibility index (Phi) is 3.32. The summed E-state index contributed by atoms with van der Waals surface area (Å²) in [5.74, 6) is 1.99. The zero-order valence-corrected chi connectivity index (χ0v) is 14.0. The van der Waals surface area contributed by atoms with Crippen LogP contribution in [0.3, 0.4) is 0 Å². The molecule has 1 aromatic heterocycles. The van der Waals surface area contributed by atoms with Gasteiger partial charge in [-0.3, -0.25) is 4.90 Å². The molecule has 122 valence electrons. The van der Waals surface area contributed by atoms with Crippen molar-refractivity contribution in [2.75, 3.05) is 19.4 Å². The average Bonchev–Trinajstić information content (AvgIpc) is 2.93. The fourth-order valence-electron chi connectivity index (χ4n) is 4.74. The molecule has 0 amide bonds.